The van der Waals surface area contributed by atoms with E-state index in [0.29, 0.717) is 11.4 Å². The van der Waals surface area contributed by atoms with Gasteiger partial charge in [-0.2, -0.15) is 0 Å². The van der Waals surface area contributed by atoms with Crippen LogP contribution in [0.3, 0.4) is 0 Å². The first-order chi connectivity index (χ1) is 15.2. The van der Waals surface area contributed by atoms with Crippen molar-refractivity contribution in [2.75, 3.05) is 11.9 Å². The number of aryl methyl sites for hydroxylation is 1. The molecule has 0 aliphatic rings. The van der Waals surface area contributed by atoms with Gasteiger partial charge in [-0.05, 0) is 72.6 Å². The molecule has 2 N–H and O–H groups in total. The number of benzene rings is 2. The van der Waals surface area contributed by atoms with Crippen LogP contribution in [0.5, 0.6) is 0 Å². The lowest BCUT2D eigenvalue weighted by Gasteiger charge is -2.07. The third-order valence-electron chi connectivity index (χ3n) is 5.29. The second-order valence-corrected chi connectivity index (χ2v) is 9.54. The van der Waals surface area contributed by atoms with E-state index in [0.717, 1.165) is 35.3 Å². The summed E-state index contributed by atoms with van der Waals surface area (Å²) in [4.78, 5) is 14.4. The molecule has 0 radical (unpaired) electrons. The number of hydrogen-bond acceptors (Lipinski definition) is 6. The monoisotopic (exact) mass is 447 g/mol. The van der Waals surface area contributed by atoms with Crippen LogP contribution < -0.4 is 10.6 Å². The van der Waals surface area contributed by atoms with Crippen LogP contribution in [-0.4, -0.2) is 17.6 Å². The SMILES string of the molecule is Cc1sc2ccc(NC(=O)c3cccs3)cc2c1CCNCc1noc2ccccc12. The van der Waals surface area contributed by atoms with Gasteiger partial charge in [0, 0.05) is 27.2 Å². The molecule has 5 rings (SSSR count). The first-order valence-corrected chi connectivity index (χ1v) is 11.8. The maximum Gasteiger partial charge on any atom is 0.265 e. The molecule has 3 aromatic heterocycles. The first-order valence-electron chi connectivity index (χ1n) is 10.1. The Hall–Kier alpha value is -3.00. The van der Waals surface area contributed by atoms with Crippen molar-refractivity contribution in [2.24, 2.45) is 0 Å². The highest BCUT2D eigenvalue weighted by Gasteiger charge is 2.12. The summed E-state index contributed by atoms with van der Waals surface area (Å²) >= 11 is 3.24. The number of nitrogens with zero attached hydrogens (tertiary/aromatic N) is 1. The van der Waals surface area contributed by atoms with Gasteiger partial charge in [-0.3, -0.25) is 4.79 Å². The molecule has 7 heteroatoms. The average molecular weight is 448 g/mol. The molecule has 0 atom stereocenters. The molecule has 156 valence electrons. The third kappa shape index (κ3) is 4.12. The van der Waals surface area contributed by atoms with Crippen molar-refractivity contribution in [1.82, 2.24) is 10.5 Å². The Labute approximate surface area is 187 Å². The fourth-order valence-electron chi connectivity index (χ4n) is 3.75. The van der Waals surface area contributed by atoms with Crippen molar-refractivity contribution < 1.29 is 9.32 Å². The maximum atomic E-state index is 12.4. The Morgan fingerprint density at radius 1 is 1.10 bits per heavy atom. The van der Waals surface area contributed by atoms with E-state index >= 15 is 0 Å². The Balaban J connectivity index is 1.27. The predicted octanol–water partition coefficient (Wildman–Crippen LogP) is 6.00. The number of hydrogen-bond donors (Lipinski definition) is 2. The van der Waals surface area contributed by atoms with Crippen LogP contribution in [0.15, 0.2) is 64.5 Å². The minimum absolute atomic E-state index is 0.0654. The zero-order valence-corrected chi connectivity index (χ0v) is 18.6. The molecule has 0 bridgehead atoms. The van der Waals surface area contributed by atoms with Crippen LogP contribution >= 0.6 is 22.7 Å². The fourth-order valence-corrected chi connectivity index (χ4v) is 5.46. The fraction of sp³-hybridized carbons (Fsp3) is 0.167. The summed E-state index contributed by atoms with van der Waals surface area (Å²) in [5.74, 6) is -0.0654. The van der Waals surface area contributed by atoms with Crippen molar-refractivity contribution in [3.8, 4) is 0 Å². The predicted molar refractivity (Wildman–Crippen MR) is 128 cm³/mol. The van der Waals surface area contributed by atoms with E-state index in [-0.39, 0.29) is 5.91 Å². The largest absolute Gasteiger partial charge is 0.356 e. The maximum absolute atomic E-state index is 12.4. The Morgan fingerprint density at radius 3 is 2.87 bits per heavy atom. The molecule has 5 aromatic rings. The van der Waals surface area contributed by atoms with Gasteiger partial charge in [0.1, 0.15) is 5.69 Å². The number of amides is 1. The van der Waals surface area contributed by atoms with Gasteiger partial charge in [0.25, 0.3) is 5.91 Å². The molecule has 0 spiro atoms. The molecule has 0 saturated carbocycles. The van der Waals surface area contributed by atoms with Gasteiger partial charge in [-0.15, -0.1) is 22.7 Å². The summed E-state index contributed by atoms with van der Waals surface area (Å²) in [5.41, 5.74) is 3.90. The van der Waals surface area contributed by atoms with E-state index in [1.807, 2.05) is 47.8 Å². The second kappa shape index (κ2) is 8.63. The van der Waals surface area contributed by atoms with Gasteiger partial charge in [-0.1, -0.05) is 23.4 Å². The van der Waals surface area contributed by atoms with Gasteiger partial charge < -0.3 is 15.2 Å². The van der Waals surface area contributed by atoms with Crippen LogP contribution in [0, 0.1) is 6.92 Å². The van der Waals surface area contributed by atoms with Crippen molar-refractivity contribution >= 4 is 55.3 Å². The Kier molecular flexibility index (Phi) is 5.55. The smallest absolute Gasteiger partial charge is 0.265 e. The van der Waals surface area contributed by atoms with E-state index in [9.17, 15) is 4.79 Å². The van der Waals surface area contributed by atoms with E-state index in [4.69, 9.17) is 4.52 Å². The molecule has 2 aromatic carbocycles. The summed E-state index contributed by atoms with van der Waals surface area (Å²) in [5, 5.41) is 14.9. The minimum Gasteiger partial charge on any atom is -0.356 e. The lowest BCUT2D eigenvalue weighted by atomic mass is 10.1. The lowest BCUT2D eigenvalue weighted by molar-refractivity contribution is 0.103. The molecule has 0 saturated heterocycles. The van der Waals surface area contributed by atoms with Gasteiger partial charge in [-0.25, -0.2) is 0 Å². The number of fused-ring (bicyclic) bond motifs is 2. The summed E-state index contributed by atoms with van der Waals surface area (Å²) in [7, 11) is 0. The Morgan fingerprint density at radius 2 is 2.00 bits per heavy atom. The number of anilines is 1. The van der Waals surface area contributed by atoms with Crippen molar-refractivity contribution in [1.29, 1.82) is 0 Å². The summed E-state index contributed by atoms with van der Waals surface area (Å²) in [6, 6.07) is 17.8. The van der Waals surface area contributed by atoms with Crippen LogP contribution in [0.4, 0.5) is 5.69 Å². The lowest BCUT2D eigenvalue weighted by Crippen LogP contribution is -2.17. The Bertz CT molecular complexity index is 1350. The molecular formula is C24H21N3O2S2. The number of aromatic nitrogens is 1. The number of carbonyl (C=O) groups is 1. The zero-order chi connectivity index (χ0) is 21.2. The van der Waals surface area contributed by atoms with Gasteiger partial charge in [0.05, 0.1) is 4.88 Å². The number of para-hydroxylation sites is 1. The molecule has 1 amide bonds. The van der Waals surface area contributed by atoms with Gasteiger partial charge >= 0.3 is 0 Å². The number of rotatable bonds is 7. The molecule has 31 heavy (non-hydrogen) atoms. The van der Waals surface area contributed by atoms with E-state index < -0.39 is 0 Å². The quantitative estimate of drug-likeness (QED) is 0.300. The highest BCUT2D eigenvalue weighted by atomic mass is 32.1. The average Bonchev–Trinajstić information content (AvgIpc) is 3.51. The van der Waals surface area contributed by atoms with E-state index in [2.05, 4.69) is 34.8 Å². The van der Waals surface area contributed by atoms with Crippen molar-refractivity contribution in [2.45, 2.75) is 19.9 Å². The molecule has 0 unspecified atom stereocenters. The summed E-state index contributed by atoms with van der Waals surface area (Å²) in [6.07, 6.45) is 0.907. The summed E-state index contributed by atoms with van der Waals surface area (Å²) < 4.78 is 6.62. The van der Waals surface area contributed by atoms with Crippen LogP contribution in [0.1, 0.15) is 25.8 Å². The highest BCUT2D eigenvalue weighted by Crippen LogP contribution is 2.33. The zero-order valence-electron chi connectivity index (χ0n) is 17.0. The molecule has 5 nitrogen and oxygen atoms in total. The molecular weight excluding hydrogens is 426 g/mol. The molecule has 3 heterocycles. The topological polar surface area (TPSA) is 67.2 Å². The van der Waals surface area contributed by atoms with Crippen LogP contribution in [0.25, 0.3) is 21.1 Å². The number of nitrogens with one attached hydrogen (secondary N) is 2. The van der Waals surface area contributed by atoms with Gasteiger partial charge in [0.2, 0.25) is 0 Å². The number of thiophene rings is 2. The molecule has 0 aliphatic carbocycles. The second-order valence-electron chi connectivity index (χ2n) is 7.33. The van der Waals surface area contributed by atoms with Crippen LogP contribution in [0.2, 0.25) is 0 Å². The van der Waals surface area contributed by atoms with Crippen molar-refractivity contribution in [3.05, 3.63) is 81.0 Å². The van der Waals surface area contributed by atoms with E-state index in [1.54, 1.807) is 11.3 Å². The van der Waals surface area contributed by atoms with Crippen molar-refractivity contribution in [3.63, 3.8) is 0 Å². The van der Waals surface area contributed by atoms with Crippen LogP contribution in [-0.2, 0) is 13.0 Å². The number of carbonyl (C=O) groups excluding carboxylic acids is 1. The molecule has 0 fully saturated rings. The summed E-state index contributed by atoms with van der Waals surface area (Å²) in [6.45, 7) is 3.66. The van der Waals surface area contributed by atoms with Gasteiger partial charge in [0.15, 0.2) is 5.58 Å². The minimum atomic E-state index is -0.0654. The third-order valence-corrected chi connectivity index (χ3v) is 7.29. The highest BCUT2D eigenvalue weighted by molar-refractivity contribution is 7.19. The van der Waals surface area contributed by atoms with E-state index in [1.165, 1.54) is 31.9 Å². The first kappa shape index (κ1) is 19.9. The normalized spacial score (nSPS) is 11.4. The standard InChI is InChI=1S/C24H21N3O2S2/c1-15-17(10-11-25-14-20-18-5-2-3-6-21(18)29-27-20)19-13-16(8-9-22(19)31-15)26-24(28)23-7-4-12-30-23/h2-9,12-13,25H,10-11,14H2,1H3,(H,26,28). The molecule has 0 aliphatic heterocycles.